The monoisotopic (exact) mass is 322 g/mol. The number of aliphatic hydroxyl groups excluding tert-OH is 1. The van der Waals surface area contributed by atoms with Crippen molar-refractivity contribution in [1.29, 1.82) is 0 Å². The highest BCUT2D eigenvalue weighted by Crippen LogP contribution is 2.21. The van der Waals surface area contributed by atoms with Crippen LogP contribution in [0.5, 0.6) is 0 Å². The van der Waals surface area contributed by atoms with Gasteiger partial charge in [-0.05, 0) is 28.1 Å². The second-order valence-corrected chi connectivity index (χ2v) is 5.67. The molecule has 8 heteroatoms. The number of thiophene rings is 1. The van der Waals surface area contributed by atoms with Crippen LogP contribution in [0.2, 0.25) is 0 Å². The highest BCUT2D eigenvalue weighted by molar-refractivity contribution is 9.11. The Balaban J connectivity index is 2.24. The molecule has 2 amide bonds. The van der Waals surface area contributed by atoms with E-state index < -0.39 is 18.1 Å². The fourth-order valence-corrected chi connectivity index (χ4v) is 2.38. The lowest BCUT2D eigenvalue weighted by Gasteiger charge is -2.08. The number of halogens is 1. The molecule has 0 bridgehead atoms. The van der Waals surface area contributed by atoms with E-state index in [9.17, 15) is 9.59 Å². The third kappa shape index (κ3) is 5.16. The van der Waals surface area contributed by atoms with Crippen LogP contribution in [0.1, 0.15) is 4.88 Å². The summed E-state index contributed by atoms with van der Waals surface area (Å²) in [5, 5.41) is 22.1. The number of nitrogens with one attached hydrogen (secondary N) is 2. The first-order valence-corrected chi connectivity index (χ1v) is 6.27. The number of carboxylic acids is 1. The third-order valence-electron chi connectivity index (χ3n) is 1.79. The van der Waals surface area contributed by atoms with Gasteiger partial charge in [-0.2, -0.15) is 0 Å². The number of hydrogen-bond acceptors (Lipinski definition) is 4. The summed E-state index contributed by atoms with van der Waals surface area (Å²) in [7, 11) is 0. The number of carbonyl (C=O) groups excluding carboxylic acids is 1. The fraction of sp³-hybridized carbons (Fsp3) is 0.333. The predicted octanol–water partition coefficient (Wildman–Crippen LogP) is 0.755. The van der Waals surface area contributed by atoms with Crippen molar-refractivity contribution in [3.8, 4) is 0 Å². The molecule has 0 fully saturated rings. The van der Waals surface area contributed by atoms with E-state index in [1.165, 1.54) is 11.3 Å². The SMILES string of the molecule is O=C(NCc1ccc(Br)s1)NC[C@H](O)C(=O)O. The summed E-state index contributed by atoms with van der Waals surface area (Å²) in [5.41, 5.74) is 0. The van der Waals surface area contributed by atoms with Crippen molar-refractivity contribution in [3.63, 3.8) is 0 Å². The number of rotatable bonds is 5. The molecule has 1 aromatic rings. The van der Waals surface area contributed by atoms with E-state index in [4.69, 9.17) is 10.2 Å². The first kappa shape index (κ1) is 13.9. The van der Waals surface area contributed by atoms with Crippen molar-refractivity contribution in [3.05, 3.63) is 20.8 Å². The highest BCUT2D eigenvalue weighted by atomic mass is 79.9. The zero-order valence-electron chi connectivity index (χ0n) is 8.64. The summed E-state index contributed by atoms with van der Waals surface area (Å²) in [6, 6.07) is 3.21. The topological polar surface area (TPSA) is 98.7 Å². The third-order valence-corrected chi connectivity index (χ3v) is 3.42. The van der Waals surface area contributed by atoms with Gasteiger partial charge in [-0.25, -0.2) is 9.59 Å². The molecular formula is C9H11BrN2O4S. The van der Waals surface area contributed by atoms with Crippen molar-refractivity contribution in [2.75, 3.05) is 6.54 Å². The van der Waals surface area contributed by atoms with Crippen molar-refractivity contribution < 1.29 is 19.8 Å². The van der Waals surface area contributed by atoms with Gasteiger partial charge in [0.05, 0.1) is 16.9 Å². The Morgan fingerprint density at radius 3 is 2.65 bits per heavy atom. The van der Waals surface area contributed by atoms with E-state index in [0.717, 1.165) is 8.66 Å². The first-order chi connectivity index (χ1) is 7.99. The normalized spacial score (nSPS) is 11.9. The van der Waals surface area contributed by atoms with E-state index in [1.807, 2.05) is 12.1 Å². The van der Waals surface area contributed by atoms with Crippen LogP contribution < -0.4 is 10.6 Å². The second kappa shape index (κ2) is 6.58. The average molecular weight is 323 g/mol. The zero-order valence-corrected chi connectivity index (χ0v) is 11.0. The lowest BCUT2D eigenvalue weighted by molar-refractivity contribution is -0.146. The number of carboxylic acid groups (broad SMARTS) is 1. The van der Waals surface area contributed by atoms with Gasteiger partial charge in [0, 0.05) is 4.88 Å². The molecule has 0 spiro atoms. The van der Waals surface area contributed by atoms with Gasteiger partial charge in [0.1, 0.15) is 0 Å². The largest absolute Gasteiger partial charge is 0.479 e. The van der Waals surface area contributed by atoms with Crippen LogP contribution in [0.3, 0.4) is 0 Å². The van der Waals surface area contributed by atoms with Crippen LogP contribution in [-0.4, -0.2) is 34.9 Å². The molecule has 4 N–H and O–H groups in total. The molecule has 17 heavy (non-hydrogen) atoms. The standard InChI is InChI=1S/C9H11BrN2O4S/c10-7-2-1-5(17-7)3-11-9(16)12-4-6(13)8(14)15/h1-2,6,13H,3-4H2,(H,14,15)(H2,11,12,16)/t6-/m0/s1. The van der Waals surface area contributed by atoms with Gasteiger partial charge in [-0.1, -0.05) is 0 Å². The van der Waals surface area contributed by atoms with Gasteiger partial charge in [0.15, 0.2) is 6.10 Å². The summed E-state index contributed by atoms with van der Waals surface area (Å²) >= 11 is 4.79. The number of amides is 2. The molecule has 1 atom stereocenters. The molecule has 0 saturated heterocycles. The molecule has 1 aromatic heterocycles. The van der Waals surface area contributed by atoms with Gasteiger partial charge in [-0.3, -0.25) is 0 Å². The Labute approximate surface area is 110 Å². The lowest BCUT2D eigenvalue weighted by Crippen LogP contribution is -2.41. The van der Waals surface area contributed by atoms with Gasteiger partial charge >= 0.3 is 12.0 Å². The molecule has 0 saturated carbocycles. The number of carbonyl (C=O) groups is 2. The van der Waals surface area contributed by atoms with E-state index in [0.29, 0.717) is 6.54 Å². The van der Waals surface area contributed by atoms with Crippen molar-refractivity contribution in [2.45, 2.75) is 12.6 Å². The molecule has 1 heterocycles. The summed E-state index contributed by atoms with van der Waals surface area (Å²) < 4.78 is 0.969. The first-order valence-electron chi connectivity index (χ1n) is 4.66. The molecule has 0 unspecified atom stereocenters. The van der Waals surface area contributed by atoms with Crippen molar-refractivity contribution in [2.24, 2.45) is 0 Å². The Kier molecular flexibility index (Phi) is 5.39. The minimum Gasteiger partial charge on any atom is -0.479 e. The fourth-order valence-electron chi connectivity index (χ4n) is 0.953. The summed E-state index contributed by atoms with van der Waals surface area (Å²) in [4.78, 5) is 22.4. The Morgan fingerprint density at radius 2 is 2.12 bits per heavy atom. The van der Waals surface area contributed by atoms with Crippen LogP contribution >= 0.6 is 27.3 Å². The molecule has 0 aliphatic rings. The van der Waals surface area contributed by atoms with Gasteiger partial charge in [0.25, 0.3) is 0 Å². The minimum atomic E-state index is -1.59. The van der Waals surface area contributed by atoms with Crippen LogP contribution in [0.25, 0.3) is 0 Å². The Hall–Kier alpha value is -1.12. The van der Waals surface area contributed by atoms with Crippen molar-refractivity contribution >= 4 is 39.3 Å². The highest BCUT2D eigenvalue weighted by Gasteiger charge is 2.13. The molecule has 1 rings (SSSR count). The predicted molar refractivity (Wildman–Crippen MR) is 65.9 cm³/mol. The summed E-state index contributed by atoms with van der Waals surface area (Å²) in [5.74, 6) is -1.37. The number of hydrogen-bond donors (Lipinski definition) is 4. The maximum absolute atomic E-state index is 11.2. The molecule has 0 aromatic carbocycles. The van der Waals surface area contributed by atoms with Crippen molar-refractivity contribution in [1.82, 2.24) is 10.6 Å². The van der Waals surface area contributed by atoms with Gasteiger partial charge in [0.2, 0.25) is 0 Å². The van der Waals surface area contributed by atoms with E-state index in [1.54, 1.807) is 0 Å². The van der Waals surface area contributed by atoms with Gasteiger partial charge < -0.3 is 20.8 Å². The number of aliphatic hydroxyl groups is 1. The molecule has 0 aliphatic heterocycles. The smallest absolute Gasteiger partial charge is 0.334 e. The average Bonchev–Trinajstić information content (AvgIpc) is 2.69. The van der Waals surface area contributed by atoms with E-state index >= 15 is 0 Å². The maximum Gasteiger partial charge on any atom is 0.334 e. The number of aliphatic carboxylic acids is 1. The molecule has 0 aliphatic carbocycles. The van der Waals surface area contributed by atoms with E-state index in [2.05, 4.69) is 26.6 Å². The summed E-state index contributed by atoms with van der Waals surface area (Å²) in [6.45, 7) is 0.0283. The van der Waals surface area contributed by atoms with Crippen LogP contribution in [0.4, 0.5) is 4.79 Å². The molecule has 0 radical (unpaired) electrons. The lowest BCUT2D eigenvalue weighted by atomic mass is 10.4. The quantitative estimate of drug-likeness (QED) is 0.643. The molecule has 94 valence electrons. The molecular weight excluding hydrogens is 312 g/mol. The summed E-state index contributed by atoms with van der Waals surface area (Å²) in [6.07, 6.45) is -1.59. The van der Waals surface area contributed by atoms with Gasteiger partial charge in [-0.15, -0.1) is 11.3 Å². The van der Waals surface area contributed by atoms with E-state index in [-0.39, 0.29) is 6.54 Å². The maximum atomic E-state index is 11.2. The Bertz CT molecular complexity index is 409. The van der Waals surface area contributed by atoms with Crippen LogP contribution in [-0.2, 0) is 11.3 Å². The second-order valence-electron chi connectivity index (χ2n) is 3.12. The van der Waals surface area contributed by atoms with Crippen LogP contribution in [0.15, 0.2) is 15.9 Å². The van der Waals surface area contributed by atoms with Crippen LogP contribution in [0, 0.1) is 0 Å². The Morgan fingerprint density at radius 1 is 1.41 bits per heavy atom. The minimum absolute atomic E-state index is 0.324. The zero-order chi connectivity index (χ0) is 12.8. The number of urea groups is 1. The molecule has 6 nitrogen and oxygen atoms in total.